The van der Waals surface area contributed by atoms with Crippen LogP contribution in [-0.4, -0.2) is 36.8 Å². The fourth-order valence-corrected chi connectivity index (χ4v) is 5.01. The van der Waals surface area contributed by atoms with E-state index in [0.717, 1.165) is 46.3 Å². The van der Waals surface area contributed by atoms with Gasteiger partial charge in [-0.2, -0.15) is 5.10 Å². The smallest absolute Gasteiger partial charge is 0.256 e. The van der Waals surface area contributed by atoms with Gasteiger partial charge in [0.25, 0.3) is 5.91 Å². The Hall–Kier alpha value is -4.44. The second-order valence-corrected chi connectivity index (χ2v) is 10.5. The highest BCUT2D eigenvalue weighted by atomic mass is 35.5. The number of imidazole rings is 1. The Morgan fingerprint density at radius 2 is 1.79 bits per heavy atom. The standard InChI is InChI=1S/C31H28Cl2N6O3/c32-24-7-5-8-25(33)23(24)18-39-19-34-26-15-14-22(16-28(26)39)27-17-29(37-36-27)35-31(41)21-12-10-20(11-13-21)6-3-1-2-4-9-30(40)38-42/h3,5-8,10-17,19,42H,1-2,4,9,18H2,(H,38,40)(H2,35,36,37,41)/b6-3+. The van der Waals surface area contributed by atoms with Crippen LogP contribution >= 0.6 is 23.2 Å². The van der Waals surface area contributed by atoms with Crippen molar-refractivity contribution < 1.29 is 14.8 Å². The van der Waals surface area contributed by atoms with Crippen molar-refractivity contribution in [1.82, 2.24) is 25.2 Å². The number of aromatic amines is 1. The van der Waals surface area contributed by atoms with Crippen molar-refractivity contribution in [2.75, 3.05) is 5.32 Å². The summed E-state index contributed by atoms with van der Waals surface area (Å²) in [6.45, 7) is 0.475. The number of nitrogens with one attached hydrogen (secondary N) is 3. The van der Waals surface area contributed by atoms with Gasteiger partial charge in [-0.15, -0.1) is 0 Å². The molecule has 11 heteroatoms. The number of unbranched alkanes of at least 4 members (excludes halogenated alkanes) is 2. The molecule has 2 amide bonds. The molecule has 4 N–H and O–H groups in total. The molecular weight excluding hydrogens is 575 g/mol. The van der Waals surface area contributed by atoms with Gasteiger partial charge in [-0.3, -0.25) is 19.9 Å². The van der Waals surface area contributed by atoms with Crippen molar-refractivity contribution in [3.8, 4) is 11.3 Å². The van der Waals surface area contributed by atoms with Crippen molar-refractivity contribution in [3.05, 3.63) is 106 Å². The highest BCUT2D eigenvalue weighted by Crippen LogP contribution is 2.28. The minimum absolute atomic E-state index is 0.268. The molecule has 5 rings (SSSR count). The minimum atomic E-state index is -0.375. The summed E-state index contributed by atoms with van der Waals surface area (Å²) in [6.07, 6.45) is 8.40. The van der Waals surface area contributed by atoms with E-state index in [4.69, 9.17) is 28.4 Å². The van der Waals surface area contributed by atoms with Crippen molar-refractivity contribution in [2.45, 2.75) is 32.2 Å². The molecule has 0 saturated carbocycles. The quantitative estimate of drug-likeness (QED) is 0.0728. The summed E-state index contributed by atoms with van der Waals surface area (Å²) >= 11 is 12.8. The first kappa shape index (κ1) is 29.1. The number of H-pyrrole nitrogens is 1. The summed E-state index contributed by atoms with van der Waals surface area (Å²) in [7, 11) is 0. The van der Waals surface area contributed by atoms with E-state index in [-0.39, 0.29) is 11.8 Å². The molecule has 214 valence electrons. The number of aromatic nitrogens is 4. The van der Waals surface area contributed by atoms with Gasteiger partial charge in [0.2, 0.25) is 5.91 Å². The number of allylic oxidation sites excluding steroid dienone is 1. The summed E-state index contributed by atoms with van der Waals surface area (Å²) in [5, 5.41) is 19.8. The van der Waals surface area contributed by atoms with Gasteiger partial charge in [0, 0.05) is 39.2 Å². The molecule has 0 radical (unpaired) electrons. The van der Waals surface area contributed by atoms with Crippen LogP contribution in [0.3, 0.4) is 0 Å². The van der Waals surface area contributed by atoms with E-state index in [9.17, 15) is 9.59 Å². The normalized spacial score (nSPS) is 11.3. The van der Waals surface area contributed by atoms with Crippen LogP contribution in [-0.2, 0) is 11.3 Å². The molecule has 42 heavy (non-hydrogen) atoms. The minimum Gasteiger partial charge on any atom is -0.326 e. The summed E-state index contributed by atoms with van der Waals surface area (Å²) in [6, 6.07) is 20.4. The predicted molar refractivity (Wildman–Crippen MR) is 165 cm³/mol. The van der Waals surface area contributed by atoms with E-state index >= 15 is 0 Å². The fraction of sp³-hybridized carbons (Fsp3) is 0.161. The molecule has 3 aromatic carbocycles. The SMILES string of the molecule is O=C(CCCC/C=C/c1ccc(C(=O)Nc2cc(-c3ccc4ncn(Cc5c(Cl)cccc5Cl)c4c3)[nH]n2)cc1)NO. The Balaban J connectivity index is 1.21. The molecule has 0 aliphatic heterocycles. The summed E-state index contributed by atoms with van der Waals surface area (Å²) < 4.78 is 1.99. The molecular formula is C31H28Cl2N6O3. The third-order valence-corrected chi connectivity index (χ3v) is 7.48. The highest BCUT2D eigenvalue weighted by Gasteiger charge is 2.13. The third-order valence-electron chi connectivity index (χ3n) is 6.77. The molecule has 9 nitrogen and oxygen atoms in total. The number of hydroxylamine groups is 1. The number of anilines is 1. The van der Waals surface area contributed by atoms with E-state index < -0.39 is 0 Å². The monoisotopic (exact) mass is 602 g/mol. The summed E-state index contributed by atoms with van der Waals surface area (Å²) in [5.74, 6) is -0.235. The van der Waals surface area contributed by atoms with Gasteiger partial charge in [0.05, 0.1) is 29.6 Å². The molecule has 0 unspecified atom stereocenters. The first-order chi connectivity index (χ1) is 20.4. The van der Waals surface area contributed by atoms with Gasteiger partial charge < -0.3 is 9.88 Å². The lowest BCUT2D eigenvalue weighted by molar-refractivity contribution is -0.129. The van der Waals surface area contributed by atoms with E-state index in [2.05, 4.69) is 20.5 Å². The number of hydrogen-bond acceptors (Lipinski definition) is 5. The Morgan fingerprint density at radius 3 is 2.55 bits per heavy atom. The second kappa shape index (κ2) is 13.5. The zero-order valence-electron chi connectivity index (χ0n) is 22.5. The number of rotatable bonds is 11. The van der Waals surface area contributed by atoms with Gasteiger partial charge in [0.1, 0.15) is 0 Å². The first-order valence-corrected chi connectivity index (χ1v) is 14.1. The lowest BCUT2D eigenvalue weighted by Crippen LogP contribution is -2.17. The molecule has 5 aromatic rings. The van der Waals surface area contributed by atoms with E-state index in [1.54, 1.807) is 30.0 Å². The lowest BCUT2D eigenvalue weighted by Gasteiger charge is -2.09. The topological polar surface area (TPSA) is 125 Å². The number of nitrogens with zero attached hydrogens (tertiary/aromatic N) is 3. The summed E-state index contributed by atoms with van der Waals surface area (Å²) in [4.78, 5) is 28.4. The molecule has 0 atom stereocenters. The number of carbonyl (C=O) groups is 2. The maximum atomic E-state index is 12.8. The van der Waals surface area contributed by atoms with Crippen LogP contribution < -0.4 is 10.8 Å². The predicted octanol–water partition coefficient (Wildman–Crippen LogP) is 7.11. The molecule has 0 fully saturated rings. The average molecular weight is 604 g/mol. The van der Waals surface area contributed by atoms with Gasteiger partial charge >= 0.3 is 0 Å². The maximum absolute atomic E-state index is 12.8. The molecule has 0 bridgehead atoms. The van der Waals surface area contributed by atoms with Crippen LogP contribution in [0.15, 0.2) is 79.1 Å². The zero-order chi connectivity index (χ0) is 29.5. The van der Waals surface area contributed by atoms with Crippen molar-refractivity contribution >= 4 is 57.9 Å². The highest BCUT2D eigenvalue weighted by molar-refractivity contribution is 6.36. The van der Waals surface area contributed by atoms with Crippen LogP contribution in [0.2, 0.25) is 10.0 Å². The number of fused-ring (bicyclic) bond motifs is 1. The molecule has 0 spiro atoms. The molecule has 2 heterocycles. The van der Waals surface area contributed by atoms with Crippen LogP contribution in [0.4, 0.5) is 5.82 Å². The van der Waals surface area contributed by atoms with Crippen LogP contribution in [0.1, 0.15) is 47.2 Å². The van der Waals surface area contributed by atoms with Crippen molar-refractivity contribution in [3.63, 3.8) is 0 Å². The molecule has 2 aromatic heterocycles. The van der Waals surface area contributed by atoms with E-state index in [1.165, 1.54) is 0 Å². The van der Waals surface area contributed by atoms with Gasteiger partial charge in [-0.25, -0.2) is 10.5 Å². The molecule has 0 aliphatic rings. The van der Waals surface area contributed by atoms with Crippen molar-refractivity contribution in [2.24, 2.45) is 0 Å². The Labute approximate surface area is 252 Å². The number of benzene rings is 3. The first-order valence-electron chi connectivity index (χ1n) is 13.4. The Bertz CT molecular complexity index is 1720. The Kier molecular flexibility index (Phi) is 9.33. The fourth-order valence-electron chi connectivity index (χ4n) is 4.49. The van der Waals surface area contributed by atoms with Crippen molar-refractivity contribution in [1.29, 1.82) is 0 Å². The third kappa shape index (κ3) is 7.06. The summed E-state index contributed by atoms with van der Waals surface area (Å²) in [5.41, 5.74) is 7.30. The van der Waals surface area contributed by atoms with E-state index in [0.29, 0.717) is 40.8 Å². The lowest BCUT2D eigenvalue weighted by atomic mass is 10.1. The van der Waals surface area contributed by atoms with Gasteiger partial charge in [-0.05, 0) is 61.2 Å². The number of halogens is 2. The Morgan fingerprint density at radius 1 is 1.00 bits per heavy atom. The second-order valence-electron chi connectivity index (χ2n) is 9.70. The maximum Gasteiger partial charge on any atom is 0.256 e. The largest absolute Gasteiger partial charge is 0.326 e. The van der Waals surface area contributed by atoms with E-state index in [1.807, 2.05) is 65.3 Å². The van der Waals surface area contributed by atoms with Gasteiger partial charge in [0.15, 0.2) is 5.82 Å². The molecule has 0 saturated heterocycles. The molecule has 0 aliphatic carbocycles. The van der Waals surface area contributed by atoms with Crippen LogP contribution in [0.5, 0.6) is 0 Å². The number of carbonyl (C=O) groups excluding carboxylic acids is 2. The van der Waals surface area contributed by atoms with Crippen LogP contribution in [0, 0.1) is 0 Å². The van der Waals surface area contributed by atoms with Crippen LogP contribution in [0.25, 0.3) is 28.4 Å². The average Bonchev–Trinajstić information content (AvgIpc) is 3.63. The van der Waals surface area contributed by atoms with Gasteiger partial charge in [-0.1, -0.05) is 59.6 Å². The number of hydrogen-bond donors (Lipinski definition) is 4. The zero-order valence-corrected chi connectivity index (χ0v) is 24.0. The number of amides is 2.